The van der Waals surface area contributed by atoms with Crippen LogP contribution in [0.5, 0.6) is 0 Å². The molecule has 3 rings (SSSR count). The van der Waals surface area contributed by atoms with E-state index in [4.69, 9.17) is 0 Å². The van der Waals surface area contributed by atoms with E-state index in [1.807, 2.05) is 4.90 Å². The fourth-order valence-corrected chi connectivity index (χ4v) is 6.16. The van der Waals surface area contributed by atoms with Gasteiger partial charge in [-0.05, 0) is 37.5 Å². The lowest BCUT2D eigenvalue weighted by molar-refractivity contribution is 0.169. The van der Waals surface area contributed by atoms with Crippen LogP contribution in [0.25, 0.3) is 0 Å². The molecule has 1 N–H and O–H groups in total. The minimum Gasteiger partial charge on any atom is -0.337 e. The minimum absolute atomic E-state index is 0.0571. The molecule has 2 saturated heterocycles. The standard InChI is InChI=1S/C15H26N2O3S/c1-11-10-17(14-7-3-2-6-13(11)14)15(18)16-9-12-5-4-8-21(12,19)20/h11-14H,2-10H2,1H3,(H,16,18)/t11-,12+,13+,14-/m1/s1. The Bertz CT molecular complexity index is 505. The van der Waals surface area contributed by atoms with Gasteiger partial charge in [-0.25, -0.2) is 13.2 Å². The van der Waals surface area contributed by atoms with Crippen LogP contribution in [0.15, 0.2) is 0 Å². The Kier molecular flexibility index (Phi) is 4.17. The molecule has 0 bridgehead atoms. The van der Waals surface area contributed by atoms with E-state index in [0.29, 0.717) is 24.3 Å². The van der Waals surface area contributed by atoms with Crippen molar-refractivity contribution < 1.29 is 13.2 Å². The van der Waals surface area contributed by atoms with Gasteiger partial charge < -0.3 is 10.2 Å². The first-order valence-corrected chi connectivity index (χ1v) is 9.96. The Morgan fingerprint density at radius 2 is 1.95 bits per heavy atom. The van der Waals surface area contributed by atoms with Crippen LogP contribution in [0.3, 0.4) is 0 Å². The lowest BCUT2D eigenvalue weighted by Crippen LogP contribution is -2.47. The molecule has 0 aromatic heterocycles. The lowest BCUT2D eigenvalue weighted by Gasteiger charge is -2.32. The van der Waals surface area contributed by atoms with E-state index in [2.05, 4.69) is 12.2 Å². The number of rotatable bonds is 2. The second kappa shape index (κ2) is 5.78. The molecule has 2 aliphatic heterocycles. The van der Waals surface area contributed by atoms with Gasteiger partial charge in [0.05, 0.1) is 11.0 Å². The second-order valence-electron chi connectivity index (χ2n) is 6.96. The average Bonchev–Trinajstić information content (AvgIpc) is 2.97. The van der Waals surface area contributed by atoms with Crippen molar-refractivity contribution >= 4 is 15.9 Å². The van der Waals surface area contributed by atoms with Gasteiger partial charge in [0, 0.05) is 19.1 Å². The number of sulfone groups is 1. The number of carbonyl (C=O) groups excluding carboxylic acids is 1. The Labute approximate surface area is 127 Å². The SMILES string of the molecule is C[C@@H]1CN(C(=O)NC[C@@H]2CCCS2(=O)=O)[C@@H]2CCCC[C@@H]12. The van der Waals surface area contributed by atoms with Crippen molar-refractivity contribution in [3.8, 4) is 0 Å². The third-order valence-electron chi connectivity index (χ3n) is 5.60. The van der Waals surface area contributed by atoms with Crippen molar-refractivity contribution in [2.45, 2.75) is 56.7 Å². The maximum atomic E-state index is 12.4. The van der Waals surface area contributed by atoms with Crippen molar-refractivity contribution in [2.75, 3.05) is 18.8 Å². The predicted molar refractivity (Wildman–Crippen MR) is 81.8 cm³/mol. The van der Waals surface area contributed by atoms with Crippen molar-refractivity contribution in [2.24, 2.45) is 11.8 Å². The minimum atomic E-state index is -2.97. The van der Waals surface area contributed by atoms with Crippen LogP contribution >= 0.6 is 0 Å². The van der Waals surface area contributed by atoms with E-state index < -0.39 is 9.84 Å². The van der Waals surface area contributed by atoms with Crippen LogP contribution in [0.1, 0.15) is 45.4 Å². The highest BCUT2D eigenvalue weighted by Crippen LogP contribution is 2.39. The molecule has 2 heterocycles. The molecule has 0 radical (unpaired) electrons. The summed E-state index contributed by atoms with van der Waals surface area (Å²) in [6.45, 7) is 3.33. The van der Waals surface area contributed by atoms with Crippen molar-refractivity contribution in [3.63, 3.8) is 0 Å². The van der Waals surface area contributed by atoms with E-state index in [1.54, 1.807) is 0 Å². The van der Waals surface area contributed by atoms with Crippen LogP contribution in [0.4, 0.5) is 4.79 Å². The van der Waals surface area contributed by atoms with Crippen LogP contribution < -0.4 is 5.32 Å². The number of amides is 2. The molecule has 120 valence electrons. The molecule has 3 fully saturated rings. The lowest BCUT2D eigenvalue weighted by atomic mass is 9.80. The van der Waals surface area contributed by atoms with Crippen LogP contribution in [-0.4, -0.2) is 49.5 Å². The summed E-state index contributed by atoms with van der Waals surface area (Å²) in [4.78, 5) is 14.4. The first-order valence-electron chi connectivity index (χ1n) is 8.25. The summed E-state index contributed by atoms with van der Waals surface area (Å²) in [6.07, 6.45) is 6.23. The summed E-state index contributed by atoms with van der Waals surface area (Å²) in [6, 6.07) is 0.312. The van der Waals surface area contributed by atoms with Crippen LogP contribution in [0, 0.1) is 11.8 Å². The summed E-state index contributed by atoms with van der Waals surface area (Å²) in [5.41, 5.74) is 0. The molecule has 0 aromatic rings. The number of nitrogens with one attached hydrogen (secondary N) is 1. The normalized spacial score (nSPS) is 38.2. The van der Waals surface area contributed by atoms with Gasteiger partial charge in [-0.15, -0.1) is 0 Å². The molecule has 5 nitrogen and oxygen atoms in total. The molecule has 0 unspecified atom stereocenters. The molecule has 4 atom stereocenters. The monoisotopic (exact) mass is 314 g/mol. The molecule has 1 aliphatic carbocycles. The zero-order chi connectivity index (χ0) is 15.0. The highest BCUT2D eigenvalue weighted by Gasteiger charge is 2.43. The molecule has 3 aliphatic rings. The van der Waals surface area contributed by atoms with Crippen molar-refractivity contribution in [3.05, 3.63) is 0 Å². The van der Waals surface area contributed by atoms with E-state index in [1.165, 1.54) is 19.3 Å². The fourth-order valence-electron chi connectivity index (χ4n) is 4.40. The largest absolute Gasteiger partial charge is 0.337 e. The van der Waals surface area contributed by atoms with Crippen LogP contribution in [0.2, 0.25) is 0 Å². The molecule has 6 heteroatoms. The Morgan fingerprint density at radius 1 is 1.19 bits per heavy atom. The molecule has 1 saturated carbocycles. The van der Waals surface area contributed by atoms with Gasteiger partial charge in [-0.1, -0.05) is 19.8 Å². The zero-order valence-corrected chi connectivity index (χ0v) is 13.6. The topological polar surface area (TPSA) is 66.5 Å². The number of urea groups is 1. The summed E-state index contributed by atoms with van der Waals surface area (Å²) in [7, 11) is -2.97. The Balaban J connectivity index is 1.58. The van der Waals surface area contributed by atoms with Crippen molar-refractivity contribution in [1.82, 2.24) is 10.2 Å². The number of carbonyl (C=O) groups is 1. The third kappa shape index (κ3) is 2.91. The molecular formula is C15H26N2O3S. The Hall–Kier alpha value is -0.780. The Morgan fingerprint density at radius 3 is 2.67 bits per heavy atom. The maximum absolute atomic E-state index is 12.4. The first-order chi connectivity index (χ1) is 9.99. The van der Waals surface area contributed by atoms with E-state index in [9.17, 15) is 13.2 Å². The number of hydrogen-bond acceptors (Lipinski definition) is 3. The fraction of sp³-hybridized carbons (Fsp3) is 0.933. The van der Waals surface area contributed by atoms with Gasteiger partial charge in [0.2, 0.25) is 0 Å². The summed E-state index contributed by atoms with van der Waals surface area (Å²) >= 11 is 0. The average molecular weight is 314 g/mol. The number of fused-ring (bicyclic) bond motifs is 1. The van der Waals surface area contributed by atoms with E-state index in [-0.39, 0.29) is 23.6 Å². The number of nitrogens with zero attached hydrogens (tertiary/aromatic N) is 1. The van der Waals surface area contributed by atoms with Crippen LogP contribution in [-0.2, 0) is 9.84 Å². The summed E-state index contributed by atoms with van der Waals surface area (Å²) in [5, 5.41) is 2.51. The zero-order valence-electron chi connectivity index (χ0n) is 12.8. The van der Waals surface area contributed by atoms with Gasteiger partial charge in [-0.2, -0.15) is 0 Å². The smallest absolute Gasteiger partial charge is 0.317 e. The number of likely N-dealkylation sites (tertiary alicyclic amines) is 1. The predicted octanol–water partition coefficient (Wildman–Crippen LogP) is 1.78. The van der Waals surface area contributed by atoms with Gasteiger partial charge >= 0.3 is 6.03 Å². The molecular weight excluding hydrogens is 288 g/mol. The van der Waals surface area contributed by atoms with Gasteiger partial charge in [-0.3, -0.25) is 0 Å². The van der Waals surface area contributed by atoms with Gasteiger partial charge in [0.25, 0.3) is 0 Å². The maximum Gasteiger partial charge on any atom is 0.317 e. The first kappa shape index (κ1) is 15.1. The molecule has 2 amide bonds. The highest BCUT2D eigenvalue weighted by atomic mass is 32.2. The van der Waals surface area contributed by atoms with Gasteiger partial charge in [0.15, 0.2) is 9.84 Å². The number of hydrogen-bond donors (Lipinski definition) is 1. The van der Waals surface area contributed by atoms with E-state index >= 15 is 0 Å². The second-order valence-corrected chi connectivity index (χ2v) is 9.36. The molecule has 0 aromatic carbocycles. The van der Waals surface area contributed by atoms with Gasteiger partial charge in [0.1, 0.15) is 0 Å². The quantitative estimate of drug-likeness (QED) is 0.845. The highest BCUT2D eigenvalue weighted by molar-refractivity contribution is 7.92. The molecule has 0 spiro atoms. The van der Waals surface area contributed by atoms with Crippen molar-refractivity contribution in [1.29, 1.82) is 0 Å². The molecule has 21 heavy (non-hydrogen) atoms. The third-order valence-corrected chi connectivity index (χ3v) is 7.88. The van der Waals surface area contributed by atoms with E-state index in [0.717, 1.165) is 19.4 Å². The summed E-state index contributed by atoms with van der Waals surface area (Å²) in [5.74, 6) is 1.48. The summed E-state index contributed by atoms with van der Waals surface area (Å²) < 4.78 is 23.6.